The van der Waals surface area contributed by atoms with Crippen LogP contribution in [0.5, 0.6) is 0 Å². The first-order chi connectivity index (χ1) is 16.2. The van der Waals surface area contributed by atoms with Crippen LogP contribution < -0.4 is 5.32 Å². The molecular weight excluding hydrogens is 404 g/mol. The van der Waals surface area contributed by atoms with E-state index >= 15 is 0 Å². The van der Waals surface area contributed by atoms with Gasteiger partial charge in [-0.1, -0.05) is 80.1 Å². The fourth-order valence-corrected chi connectivity index (χ4v) is 5.31. The van der Waals surface area contributed by atoms with Crippen molar-refractivity contribution < 1.29 is 0 Å². The van der Waals surface area contributed by atoms with Gasteiger partial charge in [0.25, 0.3) is 0 Å². The van der Waals surface area contributed by atoms with Gasteiger partial charge in [-0.2, -0.15) is 0 Å². The largest absolute Gasteiger partial charge is 0.309 e. The summed E-state index contributed by atoms with van der Waals surface area (Å²) in [4.78, 5) is 8.66. The van der Waals surface area contributed by atoms with Gasteiger partial charge in [0, 0.05) is 31.2 Å². The van der Waals surface area contributed by atoms with Crippen LogP contribution in [-0.4, -0.2) is 78.6 Å². The predicted molar refractivity (Wildman–Crippen MR) is 148 cm³/mol. The minimum absolute atomic E-state index is 0.515. The molecule has 0 aromatic rings. The van der Waals surface area contributed by atoms with Crippen LogP contribution in [0.15, 0.2) is 0 Å². The zero-order valence-corrected chi connectivity index (χ0v) is 23.6. The molecule has 0 spiro atoms. The maximum Gasteiger partial charge on any atom is 0.0436 e. The fourth-order valence-electron chi connectivity index (χ4n) is 5.31. The Morgan fingerprint density at radius 2 is 0.909 bits per heavy atom. The summed E-state index contributed by atoms with van der Waals surface area (Å²) in [6.45, 7) is 25.2. The first-order valence-electron chi connectivity index (χ1n) is 15.0. The molecule has 33 heavy (non-hydrogen) atoms. The van der Waals surface area contributed by atoms with Crippen molar-refractivity contribution >= 4 is 0 Å². The number of hydrogen-bond donors (Lipinski definition) is 1. The topological polar surface area (TPSA) is 21.8 Å². The zero-order valence-electron chi connectivity index (χ0n) is 23.6. The lowest BCUT2D eigenvalue weighted by Crippen LogP contribution is -2.68. The Bertz CT molecular complexity index is 378. The van der Waals surface area contributed by atoms with Crippen molar-refractivity contribution in [2.75, 3.05) is 45.8 Å². The Labute approximate surface area is 209 Å². The van der Waals surface area contributed by atoms with Crippen molar-refractivity contribution in [3.05, 3.63) is 6.54 Å². The summed E-state index contributed by atoms with van der Waals surface area (Å²) in [6, 6.07) is 1.73. The highest BCUT2D eigenvalue weighted by Gasteiger charge is 2.42. The maximum atomic E-state index is 3.81. The maximum absolute atomic E-state index is 3.81. The van der Waals surface area contributed by atoms with E-state index in [1.165, 1.54) is 116 Å². The Morgan fingerprint density at radius 1 is 0.545 bits per heavy atom. The highest BCUT2D eigenvalue weighted by molar-refractivity contribution is 5.06. The molecule has 0 saturated carbocycles. The number of rotatable bonds is 21. The number of hydrogen-bond acceptors (Lipinski definition) is 4. The Morgan fingerprint density at radius 3 is 1.30 bits per heavy atom. The van der Waals surface area contributed by atoms with Gasteiger partial charge in [-0.15, -0.1) is 0 Å². The normalized spacial score (nSPS) is 21.5. The molecule has 1 radical (unpaired) electrons. The van der Waals surface area contributed by atoms with Crippen molar-refractivity contribution in [1.29, 1.82) is 0 Å². The van der Waals surface area contributed by atoms with Crippen LogP contribution in [0.25, 0.3) is 0 Å². The van der Waals surface area contributed by atoms with Gasteiger partial charge in [0.15, 0.2) is 0 Å². The van der Waals surface area contributed by atoms with E-state index in [9.17, 15) is 0 Å². The lowest BCUT2D eigenvalue weighted by molar-refractivity contribution is 0.00282. The molecule has 1 aliphatic rings. The first kappa shape index (κ1) is 30.9. The summed E-state index contributed by atoms with van der Waals surface area (Å²) in [7, 11) is 0. The number of unbranched alkanes of at least 4 members (excludes halogenated alkanes) is 6. The molecule has 3 unspecified atom stereocenters. The molecule has 1 aliphatic heterocycles. The third-order valence-corrected chi connectivity index (χ3v) is 7.47. The van der Waals surface area contributed by atoms with Crippen molar-refractivity contribution in [3.63, 3.8) is 0 Å². The van der Waals surface area contributed by atoms with Crippen molar-refractivity contribution in [1.82, 2.24) is 20.0 Å². The summed E-state index contributed by atoms with van der Waals surface area (Å²) in [6.07, 6.45) is 15.6. The van der Waals surface area contributed by atoms with Crippen LogP contribution in [0.4, 0.5) is 0 Å². The highest BCUT2D eigenvalue weighted by Crippen LogP contribution is 2.26. The molecular formula is C29H61N4. The third kappa shape index (κ3) is 11.4. The van der Waals surface area contributed by atoms with E-state index in [1.54, 1.807) is 0 Å². The van der Waals surface area contributed by atoms with Crippen molar-refractivity contribution in [3.8, 4) is 0 Å². The predicted octanol–water partition coefficient (Wildman–Crippen LogP) is 6.56. The van der Waals surface area contributed by atoms with Gasteiger partial charge < -0.3 is 5.32 Å². The minimum Gasteiger partial charge on any atom is -0.309 e. The second-order valence-electron chi connectivity index (χ2n) is 10.4. The SMILES string of the molecule is CCCCN(CCCC)C1[CH]NCC(N(CCCC)CCCC)C1N(CCCC)CCCC. The molecule has 1 heterocycles. The average Bonchev–Trinajstić information content (AvgIpc) is 2.84. The first-order valence-corrected chi connectivity index (χ1v) is 15.0. The van der Waals surface area contributed by atoms with Gasteiger partial charge in [0.05, 0.1) is 0 Å². The van der Waals surface area contributed by atoms with Crippen LogP contribution >= 0.6 is 0 Å². The second-order valence-corrected chi connectivity index (χ2v) is 10.4. The number of nitrogens with one attached hydrogen (secondary N) is 1. The standard InChI is InChI=1S/C29H61N4/c1-7-13-19-31(20-14-8-2)27-25-30-26-28(32(21-15-9-3)22-16-10-4)29(27)33(23-17-11-5)24-18-12-6/h25,27-30H,7-24,26H2,1-6H3. The molecule has 0 aliphatic carbocycles. The molecule has 3 atom stereocenters. The molecule has 4 heteroatoms. The lowest BCUT2D eigenvalue weighted by atomic mass is 9.89. The molecule has 0 bridgehead atoms. The van der Waals surface area contributed by atoms with Gasteiger partial charge in [-0.05, 0) is 77.8 Å². The monoisotopic (exact) mass is 465 g/mol. The van der Waals surface area contributed by atoms with Crippen molar-refractivity contribution in [2.24, 2.45) is 0 Å². The van der Waals surface area contributed by atoms with E-state index in [2.05, 4.69) is 68.1 Å². The Kier molecular flexibility index (Phi) is 18.8. The molecule has 1 fully saturated rings. The fraction of sp³-hybridized carbons (Fsp3) is 0.966. The molecule has 0 amide bonds. The number of piperidine rings is 1. The summed E-state index contributed by atoms with van der Waals surface area (Å²) in [5.74, 6) is 0. The third-order valence-electron chi connectivity index (χ3n) is 7.47. The van der Waals surface area contributed by atoms with Gasteiger partial charge >= 0.3 is 0 Å². The molecule has 0 aromatic heterocycles. The van der Waals surface area contributed by atoms with Crippen molar-refractivity contribution in [2.45, 2.75) is 137 Å². The zero-order chi connectivity index (χ0) is 24.3. The lowest BCUT2D eigenvalue weighted by Gasteiger charge is -2.52. The molecule has 0 aromatic carbocycles. The molecule has 1 N–H and O–H groups in total. The molecule has 197 valence electrons. The van der Waals surface area contributed by atoms with Gasteiger partial charge in [0.2, 0.25) is 0 Å². The van der Waals surface area contributed by atoms with Crippen LogP contribution in [0.2, 0.25) is 0 Å². The summed E-state index contributed by atoms with van der Waals surface area (Å²) < 4.78 is 0. The molecule has 4 nitrogen and oxygen atoms in total. The van der Waals surface area contributed by atoms with Gasteiger partial charge in [0.1, 0.15) is 0 Å². The highest BCUT2D eigenvalue weighted by atomic mass is 15.3. The second kappa shape index (κ2) is 20.1. The summed E-state index contributed by atoms with van der Waals surface area (Å²) in [5.41, 5.74) is 0. The van der Waals surface area contributed by atoms with E-state index in [-0.39, 0.29) is 0 Å². The summed E-state index contributed by atoms with van der Waals surface area (Å²) in [5, 5.41) is 3.81. The Hall–Kier alpha value is -0.160. The van der Waals surface area contributed by atoms with Crippen LogP contribution in [0.3, 0.4) is 0 Å². The van der Waals surface area contributed by atoms with E-state index < -0.39 is 0 Å². The smallest absolute Gasteiger partial charge is 0.0436 e. The Balaban J connectivity index is 3.29. The molecule has 1 saturated heterocycles. The van der Waals surface area contributed by atoms with Gasteiger partial charge in [-0.25, -0.2) is 0 Å². The van der Waals surface area contributed by atoms with Crippen LogP contribution in [0.1, 0.15) is 119 Å². The minimum atomic E-state index is 0.515. The van der Waals surface area contributed by atoms with E-state index in [1.807, 2.05) is 0 Å². The van der Waals surface area contributed by atoms with E-state index in [0.29, 0.717) is 18.1 Å². The quantitative estimate of drug-likeness (QED) is 0.207. The van der Waals surface area contributed by atoms with E-state index in [0.717, 1.165) is 6.54 Å². The van der Waals surface area contributed by atoms with Crippen LogP contribution in [-0.2, 0) is 0 Å². The van der Waals surface area contributed by atoms with E-state index in [4.69, 9.17) is 0 Å². The average molecular weight is 466 g/mol. The summed E-state index contributed by atoms with van der Waals surface area (Å²) >= 11 is 0. The molecule has 1 rings (SSSR count). The van der Waals surface area contributed by atoms with Gasteiger partial charge in [-0.3, -0.25) is 14.7 Å². The number of nitrogens with zero attached hydrogens (tertiary/aromatic N) is 3. The van der Waals surface area contributed by atoms with Crippen LogP contribution in [0, 0.1) is 6.54 Å².